The van der Waals surface area contributed by atoms with E-state index in [0.717, 1.165) is 76.2 Å². The molecule has 0 saturated carbocycles. The highest BCUT2D eigenvalue weighted by Crippen LogP contribution is 2.38. The molecule has 2 rings (SSSR count). The summed E-state index contributed by atoms with van der Waals surface area (Å²) in [4.78, 5) is 4.36. The maximum atomic E-state index is 6.52. The molecule has 1 heterocycles. The molecule has 27 heavy (non-hydrogen) atoms. The largest absolute Gasteiger partial charge is 0.381 e. The van der Waals surface area contributed by atoms with E-state index < -0.39 is 0 Å². The van der Waals surface area contributed by atoms with Gasteiger partial charge < -0.3 is 20.1 Å². The predicted octanol–water partition coefficient (Wildman–Crippen LogP) is 3.76. The van der Waals surface area contributed by atoms with Crippen molar-refractivity contribution in [1.29, 1.82) is 0 Å². The first-order chi connectivity index (χ1) is 13.2. The minimum Gasteiger partial charge on any atom is -0.381 e. The monoisotopic (exact) mass is 395 g/mol. The van der Waals surface area contributed by atoms with Gasteiger partial charge in [-0.1, -0.05) is 43.1 Å². The molecule has 1 fully saturated rings. The van der Waals surface area contributed by atoms with Crippen LogP contribution >= 0.6 is 11.6 Å². The molecule has 2 N–H and O–H groups in total. The lowest BCUT2D eigenvalue weighted by atomic mass is 9.74. The van der Waals surface area contributed by atoms with Crippen LogP contribution in [0.4, 0.5) is 0 Å². The molecule has 1 aromatic carbocycles. The minimum atomic E-state index is -0.0303. The second kappa shape index (κ2) is 12.2. The van der Waals surface area contributed by atoms with Gasteiger partial charge in [-0.05, 0) is 37.3 Å². The number of halogens is 1. The second-order valence-electron chi connectivity index (χ2n) is 7.04. The van der Waals surface area contributed by atoms with Crippen LogP contribution in [-0.2, 0) is 14.9 Å². The van der Waals surface area contributed by atoms with E-state index in [1.165, 1.54) is 12.0 Å². The van der Waals surface area contributed by atoms with Crippen LogP contribution in [0.5, 0.6) is 0 Å². The minimum absolute atomic E-state index is 0.0303. The number of nitrogens with zero attached hydrogens (tertiary/aromatic N) is 1. The van der Waals surface area contributed by atoms with Gasteiger partial charge in [0.05, 0.1) is 0 Å². The number of ether oxygens (including phenoxy) is 2. The van der Waals surface area contributed by atoms with E-state index >= 15 is 0 Å². The van der Waals surface area contributed by atoms with Crippen LogP contribution in [-0.4, -0.2) is 52.5 Å². The number of hydrogen-bond donors (Lipinski definition) is 2. The van der Waals surface area contributed by atoms with E-state index in [0.29, 0.717) is 0 Å². The molecule has 0 atom stereocenters. The summed E-state index contributed by atoms with van der Waals surface area (Å²) >= 11 is 6.52. The third-order valence-electron chi connectivity index (χ3n) is 5.11. The van der Waals surface area contributed by atoms with Gasteiger partial charge in [-0.3, -0.25) is 4.99 Å². The normalized spacial score (nSPS) is 16.9. The smallest absolute Gasteiger partial charge is 0.191 e. The fraction of sp³-hybridized carbons (Fsp3) is 0.667. The summed E-state index contributed by atoms with van der Waals surface area (Å²) < 4.78 is 11.2. The first-order valence-electron chi connectivity index (χ1n) is 10.1. The fourth-order valence-corrected chi connectivity index (χ4v) is 3.73. The molecule has 0 unspecified atom stereocenters. The Morgan fingerprint density at radius 1 is 1.19 bits per heavy atom. The van der Waals surface area contributed by atoms with Crippen molar-refractivity contribution in [2.75, 3.05) is 46.6 Å². The fourth-order valence-electron chi connectivity index (χ4n) is 3.40. The van der Waals surface area contributed by atoms with Crippen molar-refractivity contribution in [2.24, 2.45) is 4.99 Å². The number of aliphatic imine (C=N–C) groups is 1. The zero-order valence-corrected chi connectivity index (χ0v) is 17.5. The lowest BCUT2D eigenvalue weighted by Crippen LogP contribution is -2.48. The van der Waals surface area contributed by atoms with Crippen molar-refractivity contribution >= 4 is 17.6 Å². The maximum Gasteiger partial charge on any atom is 0.191 e. The molecule has 0 amide bonds. The highest BCUT2D eigenvalue weighted by atomic mass is 35.5. The van der Waals surface area contributed by atoms with Gasteiger partial charge in [0.1, 0.15) is 0 Å². The zero-order valence-electron chi connectivity index (χ0n) is 16.7. The van der Waals surface area contributed by atoms with Crippen molar-refractivity contribution in [3.63, 3.8) is 0 Å². The Morgan fingerprint density at radius 3 is 2.63 bits per heavy atom. The molecule has 5 nitrogen and oxygen atoms in total. The standard InChI is InChI=1S/C21H34ClN3O2/c1-3-4-13-26-14-7-12-24-20(23-2)25-17-21(10-15-27-16-11-21)18-8-5-6-9-19(18)22/h5-6,8-9H,3-4,7,10-17H2,1-2H3,(H2,23,24,25). The summed E-state index contributed by atoms with van der Waals surface area (Å²) in [5.41, 5.74) is 1.17. The summed E-state index contributed by atoms with van der Waals surface area (Å²) in [5, 5.41) is 7.71. The number of benzene rings is 1. The van der Waals surface area contributed by atoms with Crippen LogP contribution in [0.25, 0.3) is 0 Å². The number of unbranched alkanes of at least 4 members (excludes halogenated alkanes) is 1. The number of guanidine groups is 1. The summed E-state index contributed by atoms with van der Waals surface area (Å²) in [6, 6.07) is 8.15. The van der Waals surface area contributed by atoms with Gasteiger partial charge in [0, 0.05) is 57.0 Å². The van der Waals surface area contributed by atoms with Crippen LogP contribution in [0.1, 0.15) is 44.6 Å². The predicted molar refractivity (Wildman–Crippen MR) is 113 cm³/mol. The summed E-state index contributed by atoms with van der Waals surface area (Å²) in [6.07, 6.45) is 5.17. The van der Waals surface area contributed by atoms with Crippen molar-refractivity contribution in [2.45, 2.75) is 44.4 Å². The van der Waals surface area contributed by atoms with Gasteiger partial charge in [0.15, 0.2) is 5.96 Å². The Hall–Kier alpha value is -1.30. The lowest BCUT2D eigenvalue weighted by molar-refractivity contribution is 0.0514. The topological polar surface area (TPSA) is 54.9 Å². The SMILES string of the molecule is CCCCOCCCNC(=NC)NCC1(c2ccccc2Cl)CCOCC1. The highest BCUT2D eigenvalue weighted by Gasteiger charge is 2.36. The van der Waals surface area contributed by atoms with E-state index in [1.54, 1.807) is 7.05 Å². The molecular weight excluding hydrogens is 362 g/mol. The highest BCUT2D eigenvalue weighted by molar-refractivity contribution is 6.31. The number of hydrogen-bond acceptors (Lipinski definition) is 3. The van der Waals surface area contributed by atoms with Gasteiger partial charge in [-0.25, -0.2) is 0 Å². The van der Waals surface area contributed by atoms with Crippen molar-refractivity contribution < 1.29 is 9.47 Å². The number of nitrogens with one attached hydrogen (secondary N) is 2. The lowest BCUT2D eigenvalue weighted by Gasteiger charge is -2.38. The Balaban J connectivity index is 1.85. The van der Waals surface area contributed by atoms with Crippen LogP contribution in [0.2, 0.25) is 5.02 Å². The molecule has 1 aliphatic heterocycles. The molecule has 6 heteroatoms. The molecular formula is C21H34ClN3O2. The van der Waals surface area contributed by atoms with E-state index in [9.17, 15) is 0 Å². The molecule has 0 radical (unpaired) electrons. The first-order valence-corrected chi connectivity index (χ1v) is 10.4. The third-order valence-corrected chi connectivity index (χ3v) is 5.44. The summed E-state index contributed by atoms with van der Waals surface area (Å²) in [6.45, 7) is 6.95. The average Bonchev–Trinajstić information content (AvgIpc) is 2.70. The molecule has 0 aliphatic carbocycles. The third kappa shape index (κ3) is 6.98. The molecule has 0 spiro atoms. The van der Waals surface area contributed by atoms with E-state index in [2.05, 4.69) is 34.7 Å². The Labute approximate surface area is 168 Å². The van der Waals surface area contributed by atoms with Gasteiger partial charge in [0.2, 0.25) is 0 Å². The van der Waals surface area contributed by atoms with Crippen molar-refractivity contribution in [1.82, 2.24) is 10.6 Å². The average molecular weight is 396 g/mol. The van der Waals surface area contributed by atoms with Crippen LogP contribution in [0.15, 0.2) is 29.3 Å². The first kappa shape index (κ1) is 22.0. The van der Waals surface area contributed by atoms with Crippen molar-refractivity contribution in [3.05, 3.63) is 34.9 Å². The molecule has 1 aliphatic rings. The maximum absolute atomic E-state index is 6.52. The van der Waals surface area contributed by atoms with Crippen LogP contribution < -0.4 is 10.6 Å². The Morgan fingerprint density at radius 2 is 1.93 bits per heavy atom. The van der Waals surface area contributed by atoms with E-state index in [-0.39, 0.29) is 5.41 Å². The summed E-state index contributed by atoms with van der Waals surface area (Å²) in [7, 11) is 1.80. The van der Waals surface area contributed by atoms with Gasteiger partial charge in [0.25, 0.3) is 0 Å². The molecule has 1 aromatic rings. The molecule has 0 aromatic heterocycles. The quantitative estimate of drug-likeness (QED) is 0.360. The Kier molecular flexibility index (Phi) is 9.95. The molecule has 0 bridgehead atoms. The van der Waals surface area contributed by atoms with Gasteiger partial charge in [-0.15, -0.1) is 0 Å². The van der Waals surface area contributed by atoms with Crippen molar-refractivity contribution in [3.8, 4) is 0 Å². The van der Waals surface area contributed by atoms with Gasteiger partial charge in [-0.2, -0.15) is 0 Å². The number of rotatable bonds is 10. The zero-order chi connectivity index (χ0) is 19.4. The Bertz CT molecular complexity index is 574. The molecule has 1 saturated heterocycles. The molecule has 152 valence electrons. The van der Waals surface area contributed by atoms with Crippen LogP contribution in [0, 0.1) is 0 Å². The second-order valence-corrected chi connectivity index (χ2v) is 7.45. The van der Waals surface area contributed by atoms with E-state index in [4.69, 9.17) is 21.1 Å². The van der Waals surface area contributed by atoms with E-state index in [1.807, 2.05) is 12.1 Å². The van der Waals surface area contributed by atoms with Crippen LogP contribution in [0.3, 0.4) is 0 Å². The summed E-state index contributed by atoms with van der Waals surface area (Å²) in [5.74, 6) is 0.821. The van der Waals surface area contributed by atoms with Gasteiger partial charge >= 0.3 is 0 Å².